The molecule has 1 N–H and O–H groups in total. The van der Waals surface area contributed by atoms with Gasteiger partial charge in [-0.05, 0) is 12.1 Å². The average Bonchev–Trinajstić information content (AvgIpc) is 2.86. The lowest BCUT2D eigenvalue weighted by molar-refractivity contribution is 0.0595. The summed E-state index contributed by atoms with van der Waals surface area (Å²) in [6.07, 6.45) is 1.81. The van der Waals surface area contributed by atoms with Crippen molar-refractivity contribution in [1.29, 1.82) is 0 Å². The summed E-state index contributed by atoms with van der Waals surface area (Å²) in [7, 11) is 1.34. The van der Waals surface area contributed by atoms with Gasteiger partial charge >= 0.3 is 5.97 Å². The van der Waals surface area contributed by atoms with Crippen molar-refractivity contribution < 1.29 is 9.53 Å². The fraction of sp³-hybridized carbons (Fsp3) is 0.111. The van der Waals surface area contributed by atoms with Gasteiger partial charge in [-0.25, -0.2) is 9.78 Å². The van der Waals surface area contributed by atoms with Gasteiger partial charge in [0.15, 0.2) is 5.69 Å². The van der Waals surface area contributed by atoms with E-state index in [1.54, 1.807) is 5.38 Å². The number of aromatic nitrogens is 2. The highest BCUT2D eigenvalue weighted by atomic mass is 32.1. The van der Waals surface area contributed by atoms with Gasteiger partial charge in [-0.2, -0.15) is 0 Å². The number of H-pyrrole nitrogens is 1. The lowest BCUT2D eigenvalue weighted by Gasteiger charge is -1.91. The first-order chi connectivity index (χ1) is 6.81. The topological polar surface area (TPSA) is 55.0 Å². The summed E-state index contributed by atoms with van der Waals surface area (Å²) >= 11 is 1.41. The molecule has 2 aromatic rings. The largest absolute Gasteiger partial charge is 0.464 e. The number of nitrogens with zero attached hydrogens (tertiary/aromatic N) is 1. The number of carbonyl (C=O) groups is 1. The first-order valence-corrected chi connectivity index (χ1v) is 4.87. The zero-order valence-corrected chi connectivity index (χ0v) is 8.30. The molecule has 0 aromatic carbocycles. The summed E-state index contributed by atoms with van der Waals surface area (Å²) in [6, 6.07) is 3.79. The number of aromatic amines is 1. The van der Waals surface area contributed by atoms with Crippen LogP contribution in [0.1, 0.15) is 10.5 Å². The molecule has 4 nitrogen and oxygen atoms in total. The SMILES string of the molecule is COC(=O)c1csc(-c2ccc[nH]2)n1. The minimum atomic E-state index is -0.404. The van der Waals surface area contributed by atoms with Crippen LogP contribution in [0.4, 0.5) is 0 Å². The Morgan fingerprint density at radius 3 is 3.14 bits per heavy atom. The molecule has 2 heterocycles. The number of nitrogens with one attached hydrogen (secondary N) is 1. The molecule has 0 amide bonds. The van der Waals surface area contributed by atoms with Crippen molar-refractivity contribution in [2.24, 2.45) is 0 Å². The molecule has 2 aromatic heterocycles. The first-order valence-electron chi connectivity index (χ1n) is 3.99. The Labute approximate surface area is 84.6 Å². The molecule has 5 heteroatoms. The minimum Gasteiger partial charge on any atom is -0.464 e. The maximum Gasteiger partial charge on any atom is 0.357 e. The number of esters is 1. The van der Waals surface area contributed by atoms with Crippen LogP contribution >= 0.6 is 11.3 Å². The summed E-state index contributed by atoms with van der Waals surface area (Å²) in [4.78, 5) is 18.3. The number of rotatable bonds is 2. The molecule has 0 fully saturated rings. The predicted octanol–water partition coefficient (Wildman–Crippen LogP) is 1.92. The molecule has 0 radical (unpaired) electrons. The molecule has 0 saturated heterocycles. The second-order valence-corrected chi connectivity index (χ2v) is 3.47. The lowest BCUT2D eigenvalue weighted by atomic mass is 10.4. The predicted molar refractivity (Wildman–Crippen MR) is 53.2 cm³/mol. The highest BCUT2D eigenvalue weighted by Gasteiger charge is 2.11. The van der Waals surface area contributed by atoms with E-state index in [2.05, 4.69) is 14.7 Å². The Morgan fingerprint density at radius 2 is 2.50 bits per heavy atom. The van der Waals surface area contributed by atoms with Gasteiger partial charge in [0.05, 0.1) is 12.8 Å². The Hall–Kier alpha value is -1.62. The first kappa shape index (κ1) is 8.96. The van der Waals surface area contributed by atoms with Crippen LogP contribution < -0.4 is 0 Å². The van der Waals surface area contributed by atoms with Gasteiger partial charge in [0.1, 0.15) is 5.01 Å². The third-order valence-electron chi connectivity index (χ3n) is 1.73. The van der Waals surface area contributed by atoms with Crippen LogP contribution in [-0.4, -0.2) is 23.0 Å². The summed E-state index contributed by atoms with van der Waals surface area (Å²) in [6.45, 7) is 0. The van der Waals surface area contributed by atoms with Gasteiger partial charge in [-0.1, -0.05) is 0 Å². The fourth-order valence-corrected chi connectivity index (χ4v) is 1.84. The van der Waals surface area contributed by atoms with E-state index in [0.717, 1.165) is 10.7 Å². The summed E-state index contributed by atoms with van der Waals surface area (Å²) in [5.74, 6) is -0.404. The van der Waals surface area contributed by atoms with E-state index in [1.807, 2.05) is 18.3 Å². The molecule has 0 spiro atoms. The quantitative estimate of drug-likeness (QED) is 0.767. The zero-order chi connectivity index (χ0) is 9.97. The molecule has 0 bridgehead atoms. The molecular formula is C9H8N2O2S. The van der Waals surface area contributed by atoms with Crippen molar-refractivity contribution in [3.8, 4) is 10.7 Å². The third kappa shape index (κ3) is 1.54. The van der Waals surface area contributed by atoms with E-state index in [-0.39, 0.29) is 0 Å². The Bertz CT molecular complexity index is 433. The van der Waals surface area contributed by atoms with Crippen LogP contribution in [0.15, 0.2) is 23.7 Å². The number of hydrogen-bond acceptors (Lipinski definition) is 4. The van der Waals surface area contributed by atoms with Crippen molar-refractivity contribution >= 4 is 17.3 Å². The van der Waals surface area contributed by atoms with Gasteiger partial charge in [0.2, 0.25) is 0 Å². The Kier molecular flexibility index (Phi) is 2.32. The summed E-state index contributed by atoms with van der Waals surface area (Å²) in [5.41, 5.74) is 1.26. The van der Waals surface area contributed by atoms with Crippen LogP contribution in [0.3, 0.4) is 0 Å². The normalized spacial score (nSPS) is 10.1. The van der Waals surface area contributed by atoms with E-state index >= 15 is 0 Å². The monoisotopic (exact) mass is 208 g/mol. The van der Waals surface area contributed by atoms with Crippen LogP contribution in [0.2, 0.25) is 0 Å². The Balaban J connectivity index is 2.31. The second kappa shape index (κ2) is 3.63. The minimum absolute atomic E-state index is 0.349. The Morgan fingerprint density at radius 1 is 1.64 bits per heavy atom. The van der Waals surface area contributed by atoms with Crippen molar-refractivity contribution in [1.82, 2.24) is 9.97 Å². The highest BCUT2D eigenvalue weighted by Crippen LogP contribution is 2.21. The van der Waals surface area contributed by atoms with E-state index in [1.165, 1.54) is 18.4 Å². The number of methoxy groups -OCH3 is 1. The van der Waals surface area contributed by atoms with E-state index in [9.17, 15) is 4.79 Å². The molecule has 72 valence electrons. The number of hydrogen-bond donors (Lipinski definition) is 1. The zero-order valence-electron chi connectivity index (χ0n) is 7.48. The van der Waals surface area contributed by atoms with Crippen molar-refractivity contribution in [2.75, 3.05) is 7.11 Å². The van der Waals surface area contributed by atoms with E-state index in [0.29, 0.717) is 5.69 Å². The average molecular weight is 208 g/mol. The number of thiazole rings is 1. The van der Waals surface area contributed by atoms with E-state index in [4.69, 9.17) is 0 Å². The molecule has 0 unspecified atom stereocenters. The molecule has 0 saturated carbocycles. The summed E-state index contributed by atoms with van der Waals surface area (Å²) < 4.78 is 4.56. The summed E-state index contributed by atoms with van der Waals surface area (Å²) in [5, 5.41) is 2.47. The van der Waals surface area contributed by atoms with Crippen molar-refractivity contribution in [2.45, 2.75) is 0 Å². The lowest BCUT2D eigenvalue weighted by Crippen LogP contribution is -2.00. The number of ether oxygens (including phenoxy) is 1. The van der Waals surface area contributed by atoms with Crippen molar-refractivity contribution in [3.05, 3.63) is 29.4 Å². The van der Waals surface area contributed by atoms with Crippen LogP contribution in [0.5, 0.6) is 0 Å². The molecular weight excluding hydrogens is 200 g/mol. The van der Waals surface area contributed by atoms with Gasteiger partial charge in [0, 0.05) is 11.6 Å². The number of carbonyl (C=O) groups excluding carboxylic acids is 1. The maximum absolute atomic E-state index is 11.1. The highest BCUT2D eigenvalue weighted by molar-refractivity contribution is 7.13. The van der Waals surface area contributed by atoms with Gasteiger partial charge in [-0.15, -0.1) is 11.3 Å². The van der Waals surface area contributed by atoms with Gasteiger partial charge < -0.3 is 9.72 Å². The van der Waals surface area contributed by atoms with Gasteiger partial charge in [0.25, 0.3) is 0 Å². The molecule has 0 aliphatic rings. The maximum atomic E-state index is 11.1. The third-order valence-corrected chi connectivity index (χ3v) is 2.60. The van der Waals surface area contributed by atoms with E-state index < -0.39 is 5.97 Å². The fourth-order valence-electron chi connectivity index (χ4n) is 1.06. The van der Waals surface area contributed by atoms with Crippen LogP contribution in [0.25, 0.3) is 10.7 Å². The smallest absolute Gasteiger partial charge is 0.357 e. The van der Waals surface area contributed by atoms with Crippen molar-refractivity contribution in [3.63, 3.8) is 0 Å². The second-order valence-electron chi connectivity index (χ2n) is 2.61. The van der Waals surface area contributed by atoms with Crippen LogP contribution in [0, 0.1) is 0 Å². The standard InChI is InChI=1S/C9H8N2O2S/c1-13-9(12)7-5-14-8(11-7)6-3-2-4-10-6/h2-5,10H,1H3. The molecule has 14 heavy (non-hydrogen) atoms. The molecule has 0 aliphatic heterocycles. The van der Waals surface area contributed by atoms with Gasteiger partial charge in [-0.3, -0.25) is 0 Å². The molecule has 0 atom stereocenters. The molecule has 2 rings (SSSR count). The van der Waals surface area contributed by atoms with Crippen LogP contribution in [-0.2, 0) is 4.74 Å². The molecule has 0 aliphatic carbocycles.